The Kier molecular flexibility index (Phi) is 2.92. The van der Waals surface area contributed by atoms with Gasteiger partial charge in [-0.15, -0.1) is 0 Å². The van der Waals surface area contributed by atoms with Gasteiger partial charge in [0.15, 0.2) is 0 Å². The molecule has 0 amide bonds. The Morgan fingerprint density at radius 3 is 2.06 bits per heavy atom. The number of nitrogens with zero attached hydrogens (tertiary/aromatic N) is 1. The Hall–Kier alpha value is -0.720. The number of rotatable bonds is 2. The van der Waals surface area contributed by atoms with Gasteiger partial charge in [0.05, 0.1) is 0 Å². The van der Waals surface area contributed by atoms with Gasteiger partial charge in [0, 0.05) is 17.9 Å². The highest BCUT2D eigenvalue weighted by Crippen LogP contribution is 2.54. The quantitative estimate of drug-likeness (QED) is 0.689. The second-order valence-electron chi connectivity index (χ2n) is 7.45. The van der Waals surface area contributed by atoms with Gasteiger partial charge < -0.3 is 4.57 Å². The molecule has 0 aliphatic heterocycles. The molecule has 0 radical (unpaired) electrons. The van der Waals surface area contributed by atoms with Gasteiger partial charge in [-0.25, -0.2) is 0 Å². The van der Waals surface area contributed by atoms with Crippen LogP contribution in [0.1, 0.15) is 60.3 Å². The van der Waals surface area contributed by atoms with Crippen LogP contribution >= 0.6 is 0 Å². The maximum Gasteiger partial charge on any atom is 0.0422 e. The summed E-state index contributed by atoms with van der Waals surface area (Å²) in [5, 5.41) is 0. The summed E-state index contributed by atoms with van der Waals surface area (Å²) in [6, 6.07) is 4.30. The van der Waals surface area contributed by atoms with Crippen LogP contribution in [-0.2, 0) is 5.54 Å². The normalized spacial score (nSPS) is 37.0. The van der Waals surface area contributed by atoms with E-state index in [1.807, 2.05) is 0 Å². The fraction of sp³-hybridized carbons (Fsp3) is 0.750. The van der Waals surface area contributed by atoms with Crippen molar-refractivity contribution in [1.82, 2.24) is 4.57 Å². The van der Waals surface area contributed by atoms with Crippen LogP contribution in [0.15, 0.2) is 24.5 Å². The molecule has 17 heavy (non-hydrogen) atoms. The van der Waals surface area contributed by atoms with Gasteiger partial charge in [0.2, 0.25) is 0 Å². The largest absolute Gasteiger partial charge is 0.349 e. The van der Waals surface area contributed by atoms with Crippen LogP contribution in [-0.4, -0.2) is 4.57 Å². The fourth-order valence-corrected chi connectivity index (χ4v) is 4.42. The summed E-state index contributed by atoms with van der Waals surface area (Å²) in [7, 11) is 0. The van der Waals surface area contributed by atoms with Gasteiger partial charge in [-0.2, -0.15) is 0 Å². The highest BCUT2D eigenvalue weighted by atomic mass is 15.0. The van der Waals surface area contributed by atoms with Crippen LogP contribution in [0.4, 0.5) is 0 Å². The summed E-state index contributed by atoms with van der Waals surface area (Å²) in [6.07, 6.45) is 9.69. The van der Waals surface area contributed by atoms with E-state index in [1.54, 1.807) is 0 Å². The molecule has 2 atom stereocenters. The third-order valence-electron chi connectivity index (χ3n) is 4.65. The van der Waals surface area contributed by atoms with E-state index in [2.05, 4.69) is 63.7 Å². The van der Waals surface area contributed by atoms with E-state index >= 15 is 0 Å². The molecule has 2 unspecified atom stereocenters. The summed E-state index contributed by atoms with van der Waals surface area (Å²) >= 11 is 0. The lowest BCUT2D eigenvalue weighted by Crippen LogP contribution is -2.46. The summed E-state index contributed by atoms with van der Waals surface area (Å²) in [5.41, 5.74) is 1.22. The first-order chi connectivity index (χ1) is 7.79. The van der Waals surface area contributed by atoms with E-state index in [4.69, 9.17) is 0 Å². The smallest absolute Gasteiger partial charge is 0.0422 e. The lowest BCUT2D eigenvalue weighted by molar-refractivity contribution is 0.00370. The summed E-state index contributed by atoms with van der Waals surface area (Å²) < 4.78 is 2.43. The molecule has 0 spiro atoms. The summed E-state index contributed by atoms with van der Waals surface area (Å²) in [5.74, 6) is 0. The molecule has 1 heteroatoms. The SMILES string of the molecule is CCC1(C)CC(C)(C)CC(C)(n2cccc2)C1. The Morgan fingerprint density at radius 1 is 0.941 bits per heavy atom. The van der Waals surface area contributed by atoms with Gasteiger partial charge in [-0.05, 0) is 49.1 Å². The van der Waals surface area contributed by atoms with E-state index in [0.29, 0.717) is 10.8 Å². The van der Waals surface area contributed by atoms with Crippen molar-refractivity contribution in [3.8, 4) is 0 Å². The predicted octanol–water partition coefficient (Wildman–Crippen LogP) is 4.83. The van der Waals surface area contributed by atoms with Crippen molar-refractivity contribution in [2.24, 2.45) is 10.8 Å². The lowest BCUT2D eigenvalue weighted by Gasteiger charge is -2.52. The van der Waals surface area contributed by atoms with Crippen molar-refractivity contribution < 1.29 is 0 Å². The maximum atomic E-state index is 2.47. The molecule has 1 aromatic rings. The molecule has 1 aromatic heterocycles. The molecule has 0 bridgehead atoms. The topological polar surface area (TPSA) is 4.93 Å². The lowest BCUT2D eigenvalue weighted by atomic mass is 9.57. The standard InChI is InChI=1S/C16H27N/c1-6-15(4)11-14(2,3)12-16(5,13-15)17-9-7-8-10-17/h7-10H,6,11-13H2,1-5H3. The van der Waals surface area contributed by atoms with Crippen molar-refractivity contribution in [2.75, 3.05) is 0 Å². The van der Waals surface area contributed by atoms with Gasteiger partial charge >= 0.3 is 0 Å². The Bertz CT molecular complexity index is 376. The number of hydrogen-bond acceptors (Lipinski definition) is 0. The van der Waals surface area contributed by atoms with Gasteiger partial charge in [0.1, 0.15) is 0 Å². The minimum absolute atomic E-state index is 0.288. The molecule has 96 valence electrons. The van der Waals surface area contributed by atoms with Gasteiger partial charge in [-0.1, -0.05) is 34.1 Å². The Balaban J connectivity index is 2.35. The monoisotopic (exact) mass is 233 g/mol. The van der Waals surface area contributed by atoms with Crippen molar-refractivity contribution in [2.45, 2.75) is 65.8 Å². The van der Waals surface area contributed by atoms with Crippen LogP contribution in [0.2, 0.25) is 0 Å². The molecule has 1 fully saturated rings. The molecule has 1 aliphatic carbocycles. The first-order valence-electron chi connectivity index (χ1n) is 6.92. The summed E-state index contributed by atoms with van der Waals surface area (Å²) in [4.78, 5) is 0. The van der Waals surface area contributed by atoms with Crippen LogP contribution < -0.4 is 0 Å². The number of aromatic nitrogens is 1. The minimum Gasteiger partial charge on any atom is -0.349 e. The number of hydrogen-bond donors (Lipinski definition) is 0. The molecule has 2 rings (SSSR count). The minimum atomic E-state index is 0.288. The summed E-state index contributed by atoms with van der Waals surface area (Å²) in [6.45, 7) is 12.1. The van der Waals surface area contributed by atoms with Crippen molar-refractivity contribution in [1.29, 1.82) is 0 Å². The van der Waals surface area contributed by atoms with E-state index in [-0.39, 0.29) is 5.54 Å². The van der Waals surface area contributed by atoms with E-state index in [1.165, 1.54) is 25.7 Å². The Labute approximate surface area is 106 Å². The Morgan fingerprint density at radius 2 is 1.53 bits per heavy atom. The zero-order valence-corrected chi connectivity index (χ0v) is 12.1. The fourth-order valence-electron chi connectivity index (χ4n) is 4.42. The average molecular weight is 233 g/mol. The van der Waals surface area contributed by atoms with E-state index < -0.39 is 0 Å². The maximum absolute atomic E-state index is 2.47. The highest BCUT2D eigenvalue weighted by molar-refractivity contribution is 5.04. The second kappa shape index (κ2) is 3.90. The third-order valence-corrected chi connectivity index (χ3v) is 4.65. The van der Waals surface area contributed by atoms with Crippen molar-refractivity contribution >= 4 is 0 Å². The van der Waals surface area contributed by atoms with Crippen LogP contribution in [0.25, 0.3) is 0 Å². The van der Waals surface area contributed by atoms with E-state index in [9.17, 15) is 0 Å². The molecule has 1 aliphatic rings. The van der Waals surface area contributed by atoms with Crippen molar-refractivity contribution in [3.05, 3.63) is 24.5 Å². The zero-order valence-electron chi connectivity index (χ0n) is 12.1. The second-order valence-corrected chi connectivity index (χ2v) is 7.45. The predicted molar refractivity (Wildman–Crippen MR) is 74.1 cm³/mol. The molecule has 0 saturated heterocycles. The van der Waals surface area contributed by atoms with Crippen LogP contribution in [0.3, 0.4) is 0 Å². The van der Waals surface area contributed by atoms with Crippen LogP contribution in [0, 0.1) is 10.8 Å². The molecule has 1 heterocycles. The van der Waals surface area contributed by atoms with Crippen molar-refractivity contribution in [3.63, 3.8) is 0 Å². The highest BCUT2D eigenvalue weighted by Gasteiger charge is 2.46. The first kappa shape index (κ1) is 12.7. The van der Waals surface area contributed by atoms with E-state index in [0.717, 1.165) is 0 Å². The molecule has 0 aromatic carbocycles. The van der Waals surface area contributed by atoms with Gasteiger partial charge in [0.25, 0.3) is 0 Å². The molecular weight excluding hydrogens is 206 g/mol. The van der Waals surface area contributed by atoms with Crippen LogP contribution in [0.5, 0.6) is 0 Å². The zero-order chi connectivity index (χ0) is 12.7. The first-order valence-corrected chi connectivity index (χ1v) is 6.92. The van der Waals surface area contributed by atoms with Gasteiger partial charge in [-0.3, -0.25) is 0 Å². The average Bonchev–Trinajstić information content (AvgIpc) is 2.67. The third kappa shape index (κ3) is 2.43. The molecule has 0 N–H and O–H groups in total. The molecule has 1 saturated carbocycles. The molecule has 1 nitrogen and oxygen atoms in total. The molecular formula is C16H27N.